The van der Waals surface area contributed by atoms with Gasteiger partial charge < -0.3 is 19.3 Å². The van der Waals surface area contributed by atoms with Crippen LogP contribution >= 0.6 is 0 Å². The van der Waals surface area contributed by atoms with E-state index >= 15 is 0 Å². The summed E-state index contributed by atoms with van der Waals surface area (Å²) in [6, 6.07) is 5.71. The van der Waals surface area contributed by atoms with Gasteiger partial charge in [-0.2, -0.15) is 0 Å². The van der Waals surface area contributed by atoms with Crippen molar-refractivity contribution in [3.63, 3.8) is 0 Å². The summed E-state index contributed by atoms with van der Waals surface area (Å²) in [4.78, 5) is 25.5. The summed E-state index contributed by atoms with van der Waals surface area (Å²) in [6.07, 6.45) is 3.69. The van der Waals surface area contributed by atoms with Crippen LogP contribution in [0.1, 0.15) is 47.4 Å². The summed E-state index contributed by atoms with van der Waals surface area (Å²) in [5, 5.41) is 0. The van der Waals surface area contributed by atoms with Gasteiger partial charge in [0.1, 0.15) is 17.7 Å². The predicted molar refractivity (Wildman–Crippen MR) is 106 cm³/mol. The van der Waals surface area contributed by atoms with Crippen LogP contribution in [0.15, 0.2) is 24.4 Å². The fourth-order valence-corrected chi connectivity index (χ4v) is 3.91. The molecule has 0 saturated carbocycles. The lowest BCUT2D eigenvalue weighted by Gasteiger charge is -2.34. The molecule has 1 unspecified atom stereocenters. The summed E-state index contributed by atoms with van der Waals surface area (Å²) in [5.74, 6) is 2.39. The Hall–Kier alpha value is -2.83. The van der Waals surface area contributed by atoms with Crippen molar-refractivity contribution in [2.75, 3.05) is 32.1 Å². The van der Waals surface area contributed by atoms with E-state index < -0.39 is 0 Å². The molecule has 0 radical (unpaired) electrons. The van der Waals surface area contributed by atoms with Crippen molar-refractivity contribution in [2.24, 2.45) is 0 Å². The Labute approximate surface area is 165 Å². The quantitative estimate of drug-likeness (QED) is 0.810. The normalized spacial score (nSPS) is 19.7. The Balaban J connectivity index is 1.43. The molecule has 0 spiro atoms. The molecule has 0 aromatic carbocycles. The maximum absolute atomic E-state index is 12.3. The summed E-state index contributed by atoms with van der Waals surface area (Å²) < 4.78 is 11.2. The molecular formula is C21H26N4O3. The van der Waals surface area contributed by atoms with E-state index in [0.717, 1.165) is 54.3 Å². The van der Waals surface area contributed by atoms with Crippen molar-refractivity contribution in [3.8, 4) is 11.6 Å². The Morgan fingerprint density at radius 2 is 1.96 bits per heavy atom. The maximum Gasteiger partial charge on any atom is 0.256 e. The molecule has 1 saturated heterocycles. The van der Waals surface area contributed by atoms with Crippen molar-refractivity contribution in [3.05, 3.63) is 41.2 Å². The molecule has 2 aliphatic rings. The molecule has 2 aromatic heterocycles. The summed E-state index contributed by atoms with van der Waals surface area (Å²) in [7, 11) is 3.43. The number of ether oxygens (including phenoxy) is 2. The standard InChI is InChI=1S/C21H26N4O3/c1-13-11-17-19(14(2)24(3)21(17)26)23-20(13)25-9-7-15(8-10-25)28-16-5-6-18(27-4)22-12-16/h5-6,11-12,14-15H,7-10H2,1-4H3. The average Bonchev–Trinajstić information content (AvgIpc) is 2.92. The van der Waals surface area contributed by atoms with Crippen LogP contribution in [0.3, 0.4) is 0 Å². The Kier molecular flexibility index (Phi) is 4.83. The van der Waals surface area contributed by atoms with E-state index in [-0.39, 0.29) is 18.1 Å². The molecule has 0 aliphatic carbocycles. The van der Waals surface area contributed by atoms with E-state index in [2.05, 4.69) is 9.88 Å². The molecule has 2 aliphatic heterocycles. The molecule has 0 N–H and O–H groups in total. The minimum atomic E-state index is 0.0188. The zero-order chi connectivity index (χ0) is 19.8. The third kappa shape index (κ3) is 3.25. The number of rotatable bonds is 4. The van der Waals surface area contributed by atoms with Crippen LogP contribution in [0.4, 0.5) is 5.82 Å². The second kappa shape index (κ2) is 7.30. The smallest absolute Gasteiger partial charge is 0.256 e. The minimum absolute atomic E-state index is 0.0188. The van der Waals surface area contributed by atoms with Gasteiger partial charge in [0.05, 0.1) is 30.6 Å². The zero-order valence-corrected chi connectivity index (χ0v) is 16.8. The number of hydrogen-bond donors (Lipinski definition) is 0. The number of fused-ring (bicyclic) bond motifs is 1. The van der Waals surface area contributed by atoms with Crippen molar-refractivity contribution < 1.29 is 14.3 Å². The van der Waals surface area contributed by atoms with Crippen molar-refractivity contribution in [2.45, 2.75) is 38.8 Å². The molecule has 7 nitrogen and oxygen atoms in total. The summed E-state index contributed by atoms with van der Waals surface area (Å²) >= 11 is 0. The van der Waals surface area contributed by atoms with Gasteiger partial charge in [-0.25, -0.2) is 9.97 Å². The van der Waals surface area contributed by atoms with Gasteiger partial charge in [-0.3, -0.25) is 4.79 Å². The molecule has 148 valence electrons. The first-order chi connectivity index (χ1) is 13.5. The number of methoxy groups -OCH3 is 1. The van der Waals surface area contributed by atoms with Crippen LogP contribution in [-0.4, -0.2) is 54.1 Å². The number of piperidine rings is 1. The molecule has 1 fully saturated rings. The van der Waals surface area contributed by atoms with E-state index in [4.69, 9.17) is 14.5 Å². The van der Waals surface area contributed by atoms with E-state index in [1.807, 2.05) is 39.1 Å². The average molecular weight is 382 g/mol. The number of pyridine rings is 2. The van der Waals surface area contributed by atoms with Gasteiger partial charge in [-0.1, -0.05) is 0 Å². The first kappa shape index (κ1) is 18.5. The molecule has 0 bridgehead atoms. The molecule has 7 heteroatoms. The molecule has 4 rings (SSSR count). The molecule has 2 aromatic rings. The Morgan fingerprint density at radius 1 is 1.21 bits per heavy atom. The number of amides is 1. The van der Waals surface area contributed by atoms with Crippen LogP contribution in [0.5, 0.6) is 11.6 Å². The number of hydrogen-bond acceptors (Lipinski definition) is 6. The highest BCUT2D eigenvalue weighted by atomic mass is 16.5. The molecular weight excluding hydrogens is 356 g/mol. The highest BCUT2D eigenvalue weighted by Crippen LogP contribution is 2.34. The number of aryl methyl sites for hydroxylation is 1. The lowest BCUT2D eigenvalue weighted by molar-refractivity contribution is 0.0783. The van der Waals surface area contributed by atoms with Crippen LogP contribution < -0.4 is 14.4 Å². The number of carbonyl (C=O) groups is 1. The van der Waals surface area contributed by atoms with Crippen LogP contribution in [-0.2, 0) is 0 Å². The highest BCUT2D eigenvalue weighted by Gasteiger charge is 2.34. The highest BCUT2D eigenvalue weighted by molar-refractivity contribution is 5.98. The Bertz CT molecular complexity index is 876. The Morgan fingerprint density at radius 3 is 2.61 bits per heavy atom. The summed E-state index contributed by atoms with van der Waals surface area (Å²) in [6.45, 7) is 5.81. The number of anilines is 1. The third-order valence-electron chi connectivity index (χ3n) is 5.71. The van der Waals surface area contributed by atoms with E-state index in [1.54, 1.807) is 18.2 Å². The maximum atomic E-state index is 12.3. The fourth-order valence-electron chi connectivity index (χ4n) is 3.91. The number of nitrogens with zero attached hydrogens (tertiary/aromatic N) is 4. The second-order valence-corrected chi connectivity index (χ2v) is 7.49. The van der Waals surface area contributed by atoms with Crippen LogP contribution in [0, 0.1) is 6.92 Å². The first-order valence-electron chi connectivity index (χ1n) is 9.68. The van der Waals surface area contributed by atoms with Crippen molar-refractivity contribution in [1.82, 2.24) is 14.9 Å². The minimum Gasteiger partial charge on any atom is -0.489 e. The van der Waals surface area contributed by atoms with Crippen LogP contribution in [0.25, 0.3) is 0 Å². The summed E-state index contributed by atoms with van der Waals surface area (Å²) in [5.41, 5.74) is 2.67. The predicted octanol–water partition coefficient (Wildman–Crippen LogP) is 2.99. The van der Waals surface area contributed by atoms with E-state index in [0.29, 0.717) is 5.88 Å². The fraction of sp³-hybridized carbons (Fsp3) is 0.476. The van der Waals surface area contributed by atoms with Crippen molar-refractivity contribution >= 4 is 11.7 Å². The topological polar surface area (TPSA) is 67.8 Å². The first-order valence-corrected chi connectivity index (χ1v) is 9.68. The number of carbonyl (C=O) groups excluding carboxylic acids is 1. The largest absolute Gasteiger partial charge is 0.489 e. The lowest BCUT2D eigenvalue weighted by Crippen LogP contribution is -2.39. The second-order valence-electron chi connectivity index (χ2n) is 7.49. The molecule has 4 heterocycles. The lowest BCUT2D eigenvalue weighted by atomic mass is 10.1. The SMILES string of the molecule is COc1ccc(OC2CCN(c3nc4c(cc3C)C(=O)N(C)C4C)CC2)cn1. The van der Waals surface area contributed by atoms with Gasteiger partial charge in [0, 0.05) is 39.0 Å². The monoisotopic (exact) mass is 382 g/mol. The number of aromatic nitrogens is 2. The van der Waals surface area contributed by atoms with Crippen molar-refractivity contribution in [1.29, 1.82) is 0 Å². The van der Waals surface area contributed by atoms with Gasteiger partial charge in [-0.15, -0.1) is 0 Å². The van der Waals surface area contributed by atoms with Gasteiger partial charge in [0.25, 0.3) is 5.91 Å². The van der Waals surface area contributed by atoms with Gasteiger partial charge >= 0.3 is 0 Å². The van der Waals surface area contributed by atoms with Gasteiger partial charge in [-0.05, 0) is 31.5 Å². The third-order valence-corrected chi connectivity index (χ3v) is 5.71. The molecule has 1 amide bonds. The van der Waals surface area contributed by atoms with Crippen LogP contribution in [0.2, 0.25) is 0 Å². The molecule has 28 heavy (non-hydrogen) atoms. The zero-order valence-electron chi connectivity index (χ0n) is 16.8. The van der Waals surface area contributed by atoms with E-state index in [9.17, 15) is 4.79 Å². The van der Waals surface area contributed by atoms with E-state index in [1.165, 1.54) is 0 Å². The van der Waals surface area contributed by atoms with Gasteiger partial charge in [0.2, 0.25) is 5.88 Å². The molecule has 1 atom stereocenters. The van der Waals surface area contributed by atoms with Gasteiger partial charge in [0.15, 0.2) is 0 Å².